The lowest BCUT2D eigenvalue weighted by atomic mass is 9.97. The van der Waals surface area contributed by atoms with Gasteiger partial charge in [0.05, 0.1) is 5.92 Å². The van der Waals surface area contributed by atoms with Crippen LogP contribution >= 0.6 is 0 Å². The molecular formula is C9H15N3O3. The summed E-state index contributed by atoms with van der Waals surface area (Å²) in [5.74, 6) is -1.13. The second kappa shape index (κ2) is 4.77. The first-order chi connectivity index (χ1) is 7.00. The number of carbonyl (C=O) groups is 1. The van der Waals surface area contributed by atoms with Gasteiger partial charge in [-0.1, -0.05) is 13.8 Å². The van der Waals surface area contributed by atoms with Crippen molar-refractivity contribution in [3.05, 3.63) is 16.8 Å². The smallest absolute Gasteiger partial charge is 0.343 e. The predicted molar refractivity (Wildman–Crippen MR) is 53.4 cm³/mol. The Morgan fingerprint density at radius 2 is 2.33 bits per heavy atom. The SMILES string of the molecule is CC(C)CC(Cn1cn[nH]c1=O)C(=O)O. The van der Waals surface area contributed by atoms with Crippen molar-refractivity contribution in [3.63, 3.8) is 0 Å². The Morgan fingerprint density at radius 1 is 1.67 bits per heavy atom. The molecule has 0 spiro atoms. The second-order valence-electron chi connectivity index (χ2n) is 3.98. The van der Waals surface area contributed by atoms with Crippen LogP contribution < -0.4 is 5.69 Å². The molecule has 0 bridgehead atoms. The molecule has 1 rings (SSSR count). The molecule has 0 saturated heterocycles. The average molecular weight is 213 g/mol. The van der Waals surface area contributed by atoms with Gasteiger partial charge in [0.15, 0.2) is 0 Å². The van der Waals surface area contributed by atoms with E-state index in [9.17, 15) is 9.59 Å². The van der Waals surface area contributed by atoms with Crippen LogP contribution in [0.25, 0.3) is 0 Å². The number of nitrogens with one attached hydrogen (secondary N) is 1. The standard InChI is InChI=1S/C9H15N3O3/c1-6(2)3-7(8(13)14)4-12-5-10-11-9(12)15/h5-7H,3-4H2,1-2H3,(H,11,15)(H,13,14). The van der Waals surface area contributed by atoms with Gasteiger partial charge < -0.3 is 5.11 Å². The summed E-state index contributed by atoms with van der Waals surface area (Å²) in [6.07, 6.45) is 1.87. The fourth-order valence-electron chi connectivity index (χ4n) is 1.46. The van der Waals surface area contributed by atoms with Gasteiger partial charge in [-0.05, 0) is 12.3 Å². The fourth-order valence-corrected chi connectivity index (χ4v) is 1.46. The highest BCUT2D eigenvalue weighted by molar-refractivity contribution is 5.69. The van der Waals surface area contributed by atoms with E-state index in [0.717, 1.165) is 0 Å². The predicted octanol–water partition coefficient (Wildman–Crippen LogP) is 0.318. The Labute approximate surface area is 86.9 Å². The average Bonchev–Trinajstić information content (AvgIpc) is 2.50. The first-order valence-electron chi connectivity index (χ1n) is 4.83. The number of aromatic amines is 1. The topological polar surface area (TPSA) is 88.0 Å². The third kappa shape index (κ3) is 3.23. The molecule has 0 radical (unpaired) electrons. The quantitative estimate of drug-likeness (QED) is 0.737. The Hall–Kier alpha value is -1.59. The number of H-pyrrole nitrogens is 1. The van der Waals surface area contributed by atoms with E-state index < -0.39 is 11.9 Å². The van der Waals surface area contributed by atoms with Gasteiger partial charge >= 0.3 is 11.7 Å². The minimum absolute atomic E-state index is 0.169. The van der Waals surface area contributed by atoms with Gasteiger partial charge in [0.1, 0.15) is 6.33 Å². The van der Waals surface area contributed by atoms with Gasteiger partial charge in [0, 0.05) is 6.54 Å². The minimum Gasteiger partial charge on any atom is -0.481 e. The molecule has 6 nitrogen and oxygen atoms in total. The van der Waals surface area contributed by atoms with Crippen LogP contribution in [0.15, 0.2) is 11.1 Å². The molecule has 2 N–H and O–H groups in total. The highest BCUT2D eigenvalue weighted by atomic mass is 16.4. The van der Waals surface area contributed by atoms with Crippen molar-refractivity contribution < 1.29 is 9.90 Å². The Morgan fingerprint density at radius 3 is 2.73 bits per heavy atom. The zero-order chi connectivity index (χ0) is 11.4. The first kappa shape index (κ1) is 11.5. The summed E-state index contributed by atoms with van der Waals surface area (Å²) in [7, 11) is 0. The molecule has 1 unspecified atom stereocenters. The third-order valence-corrected chi connectivity index (χ3v) is 2.14. The highest BCUT2D eigenvalue weighted by Gasteiger charge is 2.20. The molecule has 0 aliphatic carbocycles. The lowest BCUT2D eigenvalue weighted by molar-refractivity contribution is -0.142. The molecule has 15 heavy (non-hydrogen) atoms. The number of nitrogens with zero attached hydrogens (tertiary/aromatic N) is 2. The normalized spacial score (nSPS) is 13.0. The maximum Gasteiger partial charge on any atom is 0.343 e. The van der Waals surface area contributed by atoms with Gasteiger partial charge in [-0.2, -0.15) is 5.10 Å². The zero-order valence-corrected chi connectivity index (χ0v) is 8.80. The molecule has 1 atom stereocenters. The number of aromatic nitrogens is 3. The summed E-state index contributed by atoms with van der Waals surface area (Å²) in [6, 6.07) is 0. The van der Waals surface area contributed by atoms with E-state index in [4.69, 9.17) is 5.11 Å². The van der Waals surface area contributed by atoms with Crippen molar-refractivity contribution in [1.29, 1.82) is 0 Å². The van der Waals surface area contributed by atoms with Gasteiger partial charge in [-0.3, -0.25) is 9.36 Å². The lowest BCUT2D eigenvalue weighted by Crippen LogP contribution is -2.27. The van der Waals surface area contributed by atoms with Crippen molar-refractivity contribution in [2.45, 2.75) is 26.8 Å². The summed E-state index contributed by atoms with van der Waals surface area (Å²) in [5, 5.41) is 14.7. The summed E-state index contributed by atoms with van der Waals surface area (Å²) < 4.78 is 1.28. The highest BCUT2D eigenvalue weighted by Crippen LogP contribution is 2.13. The Bertz CT molecular complexity index is 380. The van der Waals surface area contributed by atoms with Crippen LogP contribution in [0.5, 0.6) is 0 Å². The van der Waals surface area contributed by atoms with Crippen molar-refractivity contribution in [2.24, 2.45) is 11.8 Å². The molecule has 0 saturated carbocycles. The number of hydrogen-bond acceptors (Lipinski definition) is 3. The first-order valence-corrected chi connectivity index (χ1v) is 4.83. The van der Waals surface area contributed by atoms with Crippen LogP contribution in [-0.2, 0) is 11.3 Å². The zero-order valence-electron chi connectivity index (χ0n) is 8.80. The summed E-state index contributed by atoms with van der Waals surface area (Å²) in [6.45, 7) is 4.07. The molecule has 0 aliphatic heterocycles. The maximum atomic E-state index is 11.1. The van der Waals surface area contributed by atoms with Crippen LogP contribution in [-0.4, -0.2) is 25.8 Å². The van der Waals surface area contributed by atoms with Crippen LogP contribution in [0, 0.1) is 11.8 Å². The Balaban J connectivity index is 2.71. The van der Waals surface area contributed by atoms with Crippen molar-refractivity contribution in [3.8, 4) is 0 Å². The monoisotopic (exact) mass is 213 g/mol. The molecular weight excluding hydrogens is 198 g/mol. The molecule has 6 heteroatoms. The summed E-state index contributed by atoms with van der Waals surface area (Å²) in [5.41, 5.74) is -0.370. The minimum atomic E-state index is -0.878. The summed E-state index contributed by atoms with van der Waals surface area (Å²) >= 11 is 0. The van der Waals surface area contributed by atoms with E-state index in [-0.39, 0.29) is 18.2 Å². The van der Waals surface area contributed by atoms with E-state index in [1.807, 2.05) is 13.8 Å². The number of carboxylic acid groups (broad SMARTS) is 1. The van der Waals surface area contributed by atoms with Crippen molar-refractivity contribution in [1.82, 2.24) is 14.8 Å². The largest absolute Gasteiger partial charge is 0.481 e. The lowest BCUT2D eigenvalue weighted by Gasteiger charge is -2.13. The van der Waals surface area contributed by atoms with Crippen LogP contribution in [0.3, 0.4) is 0 Å². The molecule has 1 aromatic rings. The third-order valence-electron chi connectivity index (χ3n) is 2.14. The van der Waals surface area contributed by atoms with E-state index in [2.05, 4.69) is 10.2 Å². The van der Waals surface area contributed by atoms with Gasteiger partial charge in [-0.25, -0.2) is 9.89 Å². The fraction of sp³-hybridized carbons (Fsp3) is 0.667. The Kier molecular flexibility index (Phi) is 3.65. The van der Waals surface area contributed by atoms with E-state index >= 15 is 0 Å². The molecule has 0 fully saturated rings. The molecule has 84 valence electrons. The van der Waals surface area contributed by atoms with Gasteiger partial charge in [0.25, 0.3) is 0 Å². The molecule has 0 aromatic carbocycles. The molecule has 1 aromatic heterocycles. The molecule has 1 heterocycles. The van der Waals surface area contributed by atoms with Gasteiger partial charge in [-0.15, -0.1) is 0 Å². The van der Waals surface area contributed by atoms with E-state index in [1.165, 1.54) is 10.9 Å². The number of aliphatic carboxylic acids is 1. The van der Waals surface area contributed by atoms with Crippen molar-refractivity contribution in [2.75, 3.05) is 0 Å². The molecule has 0 amide bonds. The second-order valence-corrected chi connectivity index (χ2v) is 3.98. The van der Waals surface area contributed by atoms with Crippen LogP contribution in [0.1, 0.15) is 20.3 Å². The molecule has 0 aliphatic rings. The maximum absolute atomic E-state index is 11.1. The number of carboxylic acids is 1. The van der Waals surface area contributed by atoms with Crippen LogP contribution in [0.2, 0.25) is 0 Å². The van der Waals surface area contributed by atoms with Crippen molar-refractivity contribution >= 4 is 5.97 Å². The number of hydrogen-bond donors (Lipinski definition) is 2. The van der Waals surface area contributed by atoms with Crippen LogP contribution in [0.4, 0.5) is 0 Å². The number of rotatable bonds is 5. The van der Waals surface area contributed by atoms with Gasteiger partial charge in [0.2, 0.25) is 0 Å². The van der Waals surface area contributed by atoms with E-state index in [0.29, 0.717) is 6.42 Å². The van der Waals surface area contributed by atoms with E-state index in [1.54, 1.807) is 0 Å². The summed E-state index contributed by atoms with van der Waals surface area (Å²) in [4.78, 5) is 22.0.